The molecular weight excluding hydrogens is 230 g/mol. The van der Waals surface area contributed by atoms with Crippen molar-refractivity contribution < 1.29 is 0 Å². The van der Waals surface area contributed by atoms with Crippen molar-refractivity contribution in [1.82, 2.24) is 0 Å². The Bertz CT molecular complexity index is 330. The number of halogens is 1. The van der Waals surface area contributed by atoms with Crippen LogP contribution in [0.3, 0.4) is 0 Å². The van der Waals surface area contributed by atoms with E-state index in [-0.39, 0.29) is 0 Å². The minimum Gasteiger partial charge on any atom is -0.383 e. The van der Waals surface area contributed by atoms with E-state index in [4.69, 9.17) is 11.0 Å². The second-order valence-corrected chi connectivity index (χ2v) is 3.43. The van der Waals surface area contributed by atoms with Crippen molar-refractivity contribution in [3.63, 3.8) is 0 Å². The molecule has 1 aromatic rings. The van der Waals surface area contributed by atoms with Crippen molar-refractivity contribution in [2.24, 2.45) is 5.73 Å². The van der Waals surface area contributed by atoms with Gasteiger partial charge >= 0.3 is 0 Å². The quantitative estimate of drug-likeness (QED) is 0.845. The smallest absolute Gasteiger partial charge is 0.101 e. The molecule has 13 heavy (non-hydrogen) atoms. The number of hydrogen-bond acceptors (Lipinski definition) is 3. The molecule has 0 aliphatic heterocycles. The Morgan fingerprint density at radius 3 is 2.92 bits per heavy atom. The van der Waals surface area contributed by atoms with E-state index in [0.29, 0.717) is 18.7 Å². The molecular formula is C9H10BrN3. The number of nitriles is 1. The fraction of sp³-hybridized carbons (Fsp3) is 0.222. The lowest BCUT2D eigenvalue weighted by atomic mass is 10.2. The minimum atomic E-state index is 0.556. The Hall–Kier alpha value is -1.05. The normalized spacial score (nSPS) is 9.31. The summed E-state index contributed by atoms with van der Waals surface area (Å²) in [6, 6.07) is 7.64. The van der Waals surface area contributed by atoms with E-state index in [1.165, 1.54) is 0 Å². The van der Waals surface area contributed by atoms with Gasteiger partial charge in [0.15, 0.2) is 0 Å². The van der Waals surface area contributed by atoms with Gasteiger partial charge < -0.3 is 11.1 Å². The van der Waals surface area contributed by atoms with Crippen molar-refractivity contribution in [2.75, 3.05) is 18.4 Å². The van der Waals surface area contributed by atoms with Crippen LogP contribution in [0.2, 0.25) is 0 Å². The van der Waals surface area contributed by atoms with Gasteiger partial charge in [-0.05, 0) is 18.2 Å². The maximum atomic E-state index is 8.80. The summed E-state index contributed by atoms with van der Waals surface area (Å²) < 4.78 is 0.905. The molecule has 68 valence electrons. The molecule has 0 aromatic heterocycles. The Labute approximate surface area is 85.7 Å². The van der Waals surface area contributed by atoms with Crippen molar-refractivity contribution in [3.8, 4) is 6.07 Å². The van der Waals surface area contributed by atoms with Crippen LogP contribution in [0.1, 0.15) is 5.56 Å². The zero-order chi connectivity index (χ0) is 9.68. The van der Waals surface area contributed by atoms with Crippen LogP contribution < -0.4 is 11.1 Å². The SMILES string of the molecule is N#Cc1cc(Br)ccc1NCCN. The van der Waals surface area contributed by atoms with Crippen LogP contribution >= 0.6 is 15.9 Å². The summed E-state index contributed by atoms with van der Waals surface area (Å²) in [7, 11) is 0. The summed E-state index contributed by atoms with van der Waals surface area (Å²) in [6.45, 7) is 1.23. The molecule has 0 amide bonds. The van der Waals surface area contributed by atoms with Gasteiger partial charge in [-0.25, -0.2) is 0 Å². The van der Waals surface area contributed by atoms with Crippen LogP contribution in [0.25, 0.3) is 0 Å². The standard InChI is InChI=1S/C9H10BrN3/c10-8-1-2-9(13-4-3-11)7(5-8)6-12/h1-2,5,13H,3-4,11H2. The zero-order valence-corrected chi connectivity index (χ0v) is 8.63. The van der Waals surface area contributed by atoms with Gasteiger partial charge in [0, 0.05) is 17.6 Å². The first-order chi connectivity index (χ1) is 6.27. The van der Waals surface area contributed by atoms with Gasteiger partial charge in [0.25, 0.3) is 0 Å². The van der Waals surface area contributed by atoms with E-state index in [1.807, 2.05) is 12.1 Å². The summed E-state index contributed by atoms with van der Waals surface area (Å²) in [4.78, 5) is 0. The van der Waals surface area contributed by atoms with E-state index in [0.717, 1.165) is 10.2 Å². The Morgan fingerprint density at radius 2 is 2.31 bits per heavy atom. The number of nitrogens with zero attached hydrogens (tertiary/aromatic N) is 1. The van der Waals surface area contributed by atoms with Crippen LogP contribution in [0.5, 0.6) is 0 Å². The topological polar surface area (TPSA) is 61.8 Å². The first-order valence-corrected chi connectivity index (χ1v) is 4.71. The van der Waals surface area contributed by atoms with Gasteiger partial charge in [0.1, 0.15) is 6.07 Å². The average molecular weight is 240 g/mol. The Kier molecular flexibility index (Phi) is 3.74. The number of rotatable bonds is 3. The summed E-state index contributed by atoms with van der Waals surface area (Å²) >= 11 is 3.30. The summed E-state index contributed by atoms with van der Waals surface area (Å²) in [5, 5.41) is 11.9. The van der Waals surface area contributed by atoms with Gasteiger partial charge in [-0.15, -0.1) is 0 Å². The third-order valence-corrected chi connectivity index (χ3v) is 2.06. The summed E-state index contributed by atoms with van der Waals surface area (Å²) in [5.41, 5.74) is 6.80. The predicted octanol–water partition coefficient (Wildman–Crippen LogP) is 1.69. The zero-order valence-electron chi connectivity index (χ0n) is 7.05. The van der Waals surface area contributed by atoms with Gasteiger partial charge in [-0.3, -0.25) is 0 Å². The van der Waals surface area contributed by atoms with E-state index >= 15 is 0 Å². The molecule has 0 unspecified atom stereocenters. The lowest BCUT2D eigenvalue weighted by Crippen LogP contribution is -2.13. The number of hydrogen-bond donors (Lipinski definition) is 2. The number of nitrogens with one attached hydrogen (secondary N) is 1. The van der Waals surface area contributed by atoms with E-state index in [1.54, 1.807) is 6.07 Å². The highest BCUT2D eigenvalue weighted by molar-refractivity contribution is 9.10. The van der Waals surface area contributed by atoms with E-state index < -0.39 is 0 Å². The fourth-order valence-corrected chi connectivity index (χ4v) is 1.33. The third-order valence-electron chi connectivity index (χ3n) is 1.56. The maximum Gasteiger partial charge on any atom is 0.101 e. The van der Waals surface area contributed by atoms with Gasteiger partial charge in [-0.2, -0.15) is 5.26 Å². The summed E-state index contributed by atoms with van der Waals surface area (Å²) in [5.74, 6) is 0. The molecule has 0 aliphatic carbocycles. The average Bonchev–Trinajstić information content (AvgIpc) is 2.16. The van der Waals surface area contributed by atoms with Crippen LogP contribution in [0.15, 0.2) is 22.7 Å². The van der Waals surface area contributed by atoms with E-state index in [2.05, 4.69) is 27.3 Å². The van der Waals surface area contributed by atoms with Gasteiger partial charge in [0.05, 0.1) is 11.3 Å². The highest BCUT2D eigenvalue weighted by Gasteiger charge is 2.00. The van der Waals surface area contributed by atoms with Crippen molar-refractivity contribution in [3.05, 3.63) is 28.2 Å². The molecule has 3 nitrogen and oxygen atoms in total. The number of benzene rings is 1. The number of nitrogens with two attached hydrogens (primary N) is 1. The van der Waals surface area contributed by atoms with Crippen molar-refractivity contribution in [2.45, 2.75) is 0 Å². The maximum absolute atomic E-state index is 8.80. The molecule has 1 aromatic carbocycles. The van der Waals surface area contributed by atoms with Crippen LogP contribution in [0, 0.1) is 11.3 Å². The highest BCUT2D eigenvalue weighted by atomic mass is 79.9. The molecule has 0 atom stereocenters. The van der Waals surface area contributed by atoms with Crippen molar-refractivity contribution in [1.29, 1.82) is 5.26 Å². The summed E-state index contributed by atoms with van der Waals surface area (Å²) in [6.07, 6.45) is 0. The lowest BCUT2D eigenvalue weighted by molar-refractivity contribution is 1.02. The van der Waals surface area contributed by atoms with Crippen LogP contribution in [-0.2, 0) is 0 Å². The first-order valence-electron chi connectivity index (χ1n) is 3.91. The number of anilines is 1. The molecule has 0 radical (unpaired) electrons. The second kappa shape index (κ2) is 4.85. The second-order valence-electron chi connectivity index (χ2n) is 2.52. The lowest BCUT2D eigenvalue weighted by Gasteiger charge is -2.06. The first kappa shape index (κ1) is 10.0. The Morgan fingerprint density at radius 1 is 1.54 bits per heavy atom. The Balaban J connectivity index is 2.88. The van der Waals surface area contributed by atoms with Crippen molar-refractivity contribution >= 4 is 21.6 Å². The van der Waals surface area contributed by atoms with Crippen LogP contribution in [0.4, 0.5) is 5.69 Å². The molecule has 0 bridgehead atoms. The molecule has 0 heterocycles. The monoisotopic (exact) mass is 239 g/mol. The third kappa shape index (κ3) is 2.72. The van der Waals surface area contributed by atoms with E-state index in [9.17, 15) is 0 Å². The van der Waals surface area contributed by atoms with Crippen LogP contribution in [-0.4, -0.2) is 13.1 Å². The minimum absolute atomic E-state index is 0.556. The molecule has 1 rings (SSSR count). The molecule has 0 fully saturated rings. The molecule has 0 saturated heterocycles. The molecule has 0 aliphatic rings. The molecule has 0 saturated carbocycles. The molecule has 0 spiro atoms. The predicted molar refractivity (Wildman–Crippen MR) is 56.4 cm³/mol. The van der Waals surface area contributed by atoms with Gasteiger partial charge in [-0.1, -0.05) is 15.9 Å². The molecule has 4 heteroatoms. The van der Waals surface area contributed by atoms with Gasteiger partial charge in [0.2, 0.25) is 0 Å². The fourth-order valence-electron chi connectivity index (χ4n) is 0.970. The molecule has 3 N–H and O–H groups in total. The highest BCUT2D eigenvalue weighted by Crippen LogP contribution is 2.19. The largest absolute Gasteiger partial charge is 0.383 e.